The molecule has 0 fully saturated rings. The van der Waals surface area contributed by atoms with Gasteiger partial charge in [-0.15, -0.1) is 10.2 Å². The van der Waals surface area contributed by atoms with Crippen molar-refractivity contribution in [2.24, 2.45) is 0 Å². The molecule has 0 aliphatic rings. The third-order valence-electron chi connectivity index (χ3n) is 1.55. The number of hydrogen-bond acceptors (Lipinski definition) is 6. The molecule has 8 heteroatoms. The summed E-state index contributed by atoms with van der Waals surface area (Å²) in [7, 11) is 0. The number of aryl methyl sites for hydroxylation is 1. The molecule has 82 valence electrons. The van der Waals surface area contributed by atoms with E-state index in [4.69, 9.17) is 23.2 Å². The van der Waals surface area contributed by atoms with Crippen LogP contribution in [0.5, 0.6) is 0 Å². The van der Waals surface area contributed by atoms with Gasteiger partial charge in [0.15, 0.2) is 10.3 Å². The lowest BCUT2D eigenvalue weighted by Crippen LogP contribution is -1.94. The normalized spacial score (nSPS) is 10.4. The summed E-state index contributed by atoms with van der Waals surface area (Å²) >= 11 is 12.6. The molecule has 0 N–H and O–H groups in total. The van der Waals surface area contributed by atoms with Gasteiger partial charge >= 0.3 is 0 Å². The van der Waals surface area contributed by atoms with E-state index >= 15 is 0 Å². The zero-order valence-corrected chi connectivity index (χ0v) is 10.4. The van der Waals surface area contributed by atoms with E-state index in [1.54, 1.807) is 12.3 Å². The summed E-state index contributed by atoms with van der Waals surface area (Å²) in [6, 6.07) is 1.80. The van der Waals surface area contributed by atoms with E-state index in [9.17, 15) is 0 Å². The molecule has 0 aliphatic heterocycles. The summed E-state index contributed by atoms with van der Waals surface area (Å²) in [6.45, 7) is 1.87. The molecule has 2 aromatic heterocycles. The predicted molar refractivity (Wildman–Crippen MR) is 60.7 cm³/mol. The zero-order chi connectivity index (χ0) is 11.5. The molecular weight excluding hydrogens is 269 g/mol. The highest BCUT2D eigenvalue weighted by Crippen LogP contribution is 2.27. The monoisotopic (exact) mass is 273 g/mol. The Morgan fingerprint density at radius 3 is 2.75 bits per heavy atom. The smallest absolute Gasteiger partial charge is 0.231 e. The maximum absolute atomic E-state index is 5.81. The Bertz CT molecular complexity index is 522. The Kier molecular flexibility index (Phi) is 3.52. The van der Waals surface area contributed by atoms with Crippen LogP contribution in [-0.2, 0) is 0 Å². The molecule has 0 spiro atoms. The van der Waals surface area contributed by atoms with Gasteiger partial charge in [-0.05, 0) is 36.4 Å². The average Bonchev–Trinajstić information content (AvgIpc) is 2.24. The van der Waals surface area contributed by atoms with Crippen LogP contribution in [-0.4, -0.2) is 25.1 Å². The largest absolute Gasteiger partial charge is 0.244 e. The Morgan fingerprint density at radius 1 is 1.19 bits per heavy atom. The molecule has 0 aromatic carbocycles. The predicted octanol–water partition coefficient (Wildman–Crippen LogP) is 2.43. The summed E-state index contributed by atoms with van der Waals surface area (Å²) in [6.07, 6.45) is 1.66. The minimum absolute atomic E-state index is 0.0413. The van der Waals surface area contributed by atoms with Gasteiger partial charge in [-0.25, -0.2) is 15.0 Å². The van der Waals surface area contributed by atoms with Crippen LogP contribution in [0.3, 0.4) is 0 Å². The highest BCUT2D eigenvalue weighted by Gasteiger charge is 2.09. The first-order chi connectivity index (χ1) is 7.65. The standard InChI is InChI=1S/C8H5Cl2N5S/c1-4-2-3-11-8(12-4)16-6-5(9)14-15-7(10)13-6/h2-3H,1H3. The van der Waals surface area contributed by atoms with Crippen LogP contribution in [0.1, 0.15) is 5.69 Å². The third-order valence-corrected chi connectivity index (χ3v) is 2.94. The maximum Gasteiger partial charge on any atom is 0.244 e. The van der Waals surface area contributed by atoms with Gasteiger partial charge in [0.1, 0.15) is 5.03 Å². The first kappa shape index (κ1) is 11.5. The Balaban J connectivity index is 2.30. The van der Waals surface area contributed by atoms with E-state index in [-0.39, 0.29) is 10.4 Å². The van der Waals surface area contributed by atoms with Crippen molar-refractivity contribution in [3.05, 3.63) is 28.4 Å². The van der Waals surface area contributed by atoms with E-state index in [1.807, 2.05) is 6.92 Å². The second-order valence-corrected chi connectivity index (χ2v) is 4.41. The van der Waals surface area contributed by atoms with Crippen LogP contribution in [0.15, 0.2) is 22.4 Å². The SMILES string of the molecule is Cc1ccnc(Sc2nc(Cl)nnc2Cl)n1. The summed E-state index contributed by atoms with van der Waals surface area (Å²) < 4.78 is 0. The topological polar surface area (TPSA) is 64.5 Å². The second kappa shape index (κ2) is 4.90. The molecule has 16 heavy (non-hydrogen) atoms. The van der Waals surface area contributed by atoms with E-state index in [2.05, 4.69) is 25.1 Å². The first-order valence-electron chi connectivity index (χ1n) is 4.18. The fraction of sp³-hybridized carbons (Fsp3) is 0.125. The molecule has 0 bridgehead atoms. The summed E-state index contributed by atoms with van der Waals surface area (Å²) in [5.41, 5.74) is 0.863. The number of hydrogen-bond donors (Lipinski definition) is 0. The van der Waals surface area contributed by atoms with Crippen molar-refractivity contribution in [2.45, 2.75) is 17.1 Å². The lowest BCUT2D eigenvalue weighted by molar-refractivity contribution is 0.889. The van der Waals surface area contributed by atoms with Crippen molar-refractivity contribution in [3.8, 4) is 0 Å². The van der Waals surface area contributed by atoms with Crippen LogP contribution in [0.4, 0.5) is 0 Å². The average molecular weight is 274 g/mol. The molecule has 0 radical (unpaired) electrons. The van der Waals surface area contributed by atoms with Gasteiger partial charge in [0.05, 0.1) is 0 Å². The fourth-order valence-corrected chi connectivity index (χ4v) is 2.01. The second-order valence-electron chi connectivity index (χ2n) is 2.76. The fourth-order valence-electron chi connectivity index (χ4n) is 0.907. The molecule has 2 aromatic rings. The molecule has 2 rings (SSSR count). The molecule has 0 aliphatic carbocycles. The minimum atomic E-state index is 0.0413. The van der Waals surface area contributed by atoms with Crippen molar-refractivity contribution in [2.75, 3.05) is 0 Å². The molecule has 0 saturated carbocycles. The van der Waals surface area contributed by atoms with Gasteiger partial charge in [-0.3, -0.25) is 0 Å². The molecule has 0 amide bonds. The van der Waals surface area contributed by atoms with Crippen molar-refractivity contribution in [1.82, 2.24) is 25.1 Å². The maximum atomic E-state index is 5.81. The quantitative estimate of drug-likeness (QED) is 0.783. The van der Waals surface area contributed by atoms with E-state index in [0.29, 0.717) is 10.2 Å². The highest BCUT2D eigenvalue weighted by atomic mass is 35.5. The van der Waals surface area contributed by atoms with Crippen LogP contribution < -0.4 is 0 Å². The third kappa shape index (κ3) is 2.78. The Morgan fingerprint density at radius 2 is 2.00 bits per heavy atom. The number of halogens is 2. The van der Waals surface area contributed by atoms with Crippen molar-refractivity contribution in [1.29, 1.82) is 0 Å². The molecule has 5 nitrogen and oxygen atoms in total. The van der Waals surface area contributed by atoms with Crippen LogP contribution in [0.2, 0.25) is 10.4 Å². The number of rotatable bonds is 2. The van der Waals surface area contributed by atoms with Gasteiger partial charge in [0.2, 0.25) is 5.28 Å². The first-order valence-corrected chi connectivity index (χ1v) is 5.75. The minimum Gasteiger partial charge on any atom is -0.231 e. The number of nitrogens with zero attached hydrogens (tertiary/aromatic N) is 5. The summed E-state index contributed by atoms with van der Waals surface area (Å²) in [5, 5.41) is 8.36. The van der Waals surface area contributed by atoms with Crippen molar-refractivity contribution >= 4 is 35.0 Å². The number of aromatic nitrogens is 5. The molecular formula is C8H5Cl2N5S. The van der Waals surface area contributed by atoms with E-state index in [1.165, 1.54) is 11.8 Å². The van der Waals surface area contributed by atoms with Gasteiger partial charge in [-0.1, -0.05) is 11.6 Å². The summed E-state index contributed by atoms with van der Waals surface area (Å²) in [5.74, 6) is 0. The molecule has 0 atom stereocenters. The molecule has 0 saturated heterocycles. The lowest BCUT2D eigenvalue weighted by atomic mass is 10.5. The van der Waals surface area contributed by atoms with Crippen LogP contribution in [0.25, 0.3) is 0 Å². The van der Waals surface area contributed by atoms with Gasteiger partial charge in [0.25, 0.3) is 0 Å². The molecule has 0 unspecified atom stereocenters. The summed E-state index contributed by atoms with van der Waals surface area (Å²) in [4.78, 5) is 12.2. The lowest BCUT2D eigenvalue weighted by Gasteiger charge is -2.00. The van der Waals surface area contributed by atoms with Gasteiger partial charge in [0, 0.05) is 11.9 Å². The Labute approximate surface area is 106 Å². The van der Waals surface area contributed by atoms with Crippen LogP contribution in [0, 0.1) is 6.92 Å². The van der Waals surface area contributed by atoms with Gasteiger partial charge < -0.3 is 0 Å². The van der Waals surface area contributed by atoms with E-state index < -0.39 is 0 Å². The van der Waals surface area contributed by atoms with Gasteiger partial charge in [-0.2, -0.15) is 0 Å². The van der Waals surface area contributed by atoms with Crippen molar-refractivity contribution in [3.63, 3.8) is 0 Å². The van der Waals surface area contributed by atoms with Crippen LogP contribution >= 0.6 is 35.0 Å². The Hall–Kier alpha value is -0.980. The van der Waals surface area contributed by atoms with E-state index in [0.717, 1.165) is 5.69 Å². The highest BCUT2D eigenvalue weighted by molar-refractivity contribution is 7.99. The molecule has 2 heterocycles. The zero-order valence-electron chi connectivity index (χ0n) is 8.05. The van der Waals surface area contributed by atoms with Crippen molar-refractivity contribution < 1.29 is 0 Å².